The highest BCUT2D eigenvalue weighted by molar-refractivity contribution is 5.89. The molecule has 2 N–H and O–H groups in total. The van der Waals surface area contributed by atoms with E-state index in [2.05, 4.69) is 15.6 Å². The quantitative estimate of drug-likeness (QED) is 0.780. The molecule has 0 aliphatic rings. The lowest BCUT2D eigenvalue weighted by molar-refractivity contribution is 0.0816. The van der Waals surface area contributed by atoms with E-state index < -0.39 is 19.1 Å². The Balaban J connectivity index is 2.02. The molecule has 140 valence electrons. The zero-order valence-corrected chi connectivity index (χ0v) is 14.8. The second-order valence-corrected chi connectivity index (χ2v) is 5.62. The summed E-state index contributed by atoms with van der Waals surface area (Å²) in [6.45, 7) is 2.85. The van der Waals surface area contributed by atoms with Gasteiger partial charge < -0.3 is 20.1 Å². The van der Waals surface area contributed by atoms with Crippen LogP contribution >= 0.6 is 0 Å². The zero-order chi connectivity index (χ0) is 19.1. The number of halogens is 2. The van der Waals surface area contributed by atoms with Crippen LogP contribution in [-0.4, -0.2) is 31.2 Å². The Morgan fingerprint density at radius 1 is 1.27 bits per heavy atom. The van der Waals surface area contributed by atoms with E-state index in [-0.39, 0.29) is 6.04 Å². The minimum absolute atomic E-state index is 0.298. The normalized spacial score (nSPS) is 11.8. The maximum Gasteiger partial charge on any atom is 0.319 e. The number of pyridine rings is 1. The third-order valence-electron chi connectivity index (χ3n) is 3.66. The molecule has 0 radical (unpaired) electrons. The van der Waals surface area contributed by atoms with Gasteiger partial charge in [0.2, 0.25) is 0 Å². The molecule has 8 heteroatoms. The van der Waals surface area contributed by atoms with Crippen molar-refractivity contribution in [2.75, 3.05) is 19.0 Å². The smallest absolute Gasteiger partial charge is 0.319 e. The van der Waals surface area contributed by atoms with E-state index in [1.54, 1.807) is 37.5 Å². The lowest BCUT2D eigenvalue weighted by atomic mass is 10.1. The number of urea groups is 1. The topological polar surface area (TPSA) is 72.5 Å². The molecule has 0 saturated heterocycles. The summed E-state index contributed by atoms with van der Waals surface area (Å²) in [5.41, 5.74) is 1.92. The number of rotatable bonds is 7. The molecule has 1 heterocycles. The first-order valence-electron chi connectivity index (χ1n) is 7.97. The number of nitrogens with one attached hydrogen (secondary N) is 2. The van der Waals surface area contributed by atoms with Crippen molar-refractivity contribution in [3.8, 4) is 11.5 Å². The van der Waals surface area contributed by atoms with Gasteiger partial charge >= 0.3 is 6.03 Å². The Hall–Kier alpha value is -2.90. The van der Waals surface area contributed by atoms with Crippen molar-refractivity contribution in [1.82, 2.24) is 10.3 Å². The van der Waals surface area contributed by atoms with E-state index in [1.807, 2.05) is 6.92 Å². The lowest BCUT2D eigenvalue weighted by Crippen LogP contribution is -2.31. The van der Waals surface area contributed by atoms with Gasteiger partial charge in [0.05, 0.1) is 19.3 Å². The minimum atomic E-state index is -2.56. The number of aryl methyl sites for hydroxylation is 1. The second kappa shape index (κ2) is 8.98. The first kappa shape index (κ1) is 19.4. The van der Waals surface area contributed by atoms with Crippen LogP contribution in [0.25, 0.3) is 0 Å². The fraction of sp³-hybridized carbons (Fsp3) is 0.333. The second-order valence-electron chi connectivity index (χ2n) is 5.62. The van der Waals surface area contributed by atoms with Crippen molar-refractivity contribution >= 4 is 11.7 Å². The Kier molecular flexibility index (Phi) is 6.71. The van der Waals surface area contributed by atoms with Gasteiger partial charge in [-0.15, -0.1) is 0 Å². The summed E-state index contributed by atoms with van der Waals surface area (Å²) in [5.74, 6) is 0.866. The fourth-order valence-electron chi connectivity index (χ4n) is 2.35. The third-order valence-corrected chi connectivity index (χ3v) is 3.66. The molecule has 2 rings (SSSR count). The first-order valence-corrected chi connectivity index (χ1v) is 7.97. The molecule has 0 fully saturated rings. The number of hydrogen-bond donors (Lipinski definition) is 2. The Labute approximate surface area is 150 Å². The van der Waals surface area contributed by atoms with Crippen molar-refractivity contribution in [2.45, 2.75) is 26.3 Å². The summed E-state index contributed by atoms with van der Waals surface area (Å²) in [6, 6.07) is 5.85. The van der Waals surface area contributed by atoms with Crippen LogP contribution in [-0.2, 0) is 0 Å². The molecule has 26 heavy (non-hydrogen) atoms. The molecular weight excluding hydrogens is 344 g/mol. The number of methoxy groups -OCH3 is 1. The van der Waals surface area contributed by atoms with Crippen molar-refractivity contribution in [2.24, 2.45) is 0 Å². The van der Waals surface area contributed by atoms with Gasteiger partial charge in [0, 0.05) is 23.5 Å². The average Bonchev–Trinajstić information content (AvgIpc) is 2.61. The molecule has 0 aliphatic heterocycles. The van der Waals surface area contributed by atoms with E-state index >= 15 is 0 Å². The van der Waals surface area contributed by atoms with Crippen LogP contribution in [0.5, 0.6) is 11.5 Å². The van der Waals surface area contributed by atoms with Gasteiger partial charge in [-0.05, 0) is 31.5 Å². The minimum Gasteiger partial charge on any atom is -0.495 e. The summed E-state index contributed by atoms with van der Waals surface area (Å²) in [5, 5.41) is 5.45. The number of amides is 2. The number of aromatic nitrogens is 1. The number of benzene rings is 1. The number of hydrogen-bond acceptors (Lipinski definition) is 4. The summed E-state index contributed by atoms with van der Waals surface area (Å²) in [4.78, 5) is 16.2. The number of anilines is 1. The van der Waals surface area contributed by atoms with Gasteiger partial charge in [0.25, 0.3) is 6.43 Å². The molecule has 1 unspecified atom stereocenters. The van der Waals surface area contributed by atoms with Crippen LogP contribution in [0.3, 0.4) is 0 Å². The lowest BCUT2D eigenvalue weighted by Gasteiger charge is -2.18. The highest BCUT2D eigenvalue weighted by Crippen LogP contribution is 2.25. The molecular formula is C18H21F2N3O3. The summed E-state index contributed by atoms with van der Waals surface area (Å²) >= 11 is 0. The van der Waals surface area contributed by atoms with E-state index in [9.17, 15) is 13.6 Å². The largest absolute Gasteiger partial charge is 0.495 e. The highest BCUT2D eigenvalue weighted by atomic mass is 19.3. The Morgan fingerprint density at radius 2 is 2.04 bits per heavy atom. The molecule has 1 aromatic heterocycles. The van der Waals surface area contributed by atoms with Gasteiger partial charge in [-0.2, -0.15) is 0 Å². The van der Waals surface area contributed by atoms with Gasteiger partial charge in [-0.25, -0.2) is 13.6 Å². The number of carbonyl (C=O) groups is 1. The monoisotopic (exact) mass is 365 g/mol. The average molecular weight is 365 g/mol. The molecule has 6 nitrogen and oxygen atoms in total. The predicted octanol–water partition coefficient (Wildman–Crippen LogP) is 3.93. The van der Waals surface area contributed by atoms with Crippen LogP contribution in [0, 0.1) is 6.92 Å². The first-order chi connectivity index (χ1) is 12.4. The molecule has 0 bridgehead atoms. The summed E-state index contributed by atoms with van der Waals surface area (Å²) in [7, 11) is 1.53. The Morgan fingerprint density at radius 3 is 2.73 bits per heavy atom. The predicted molar refractivity (Wildman–Crippen MR) is 94.0 cm³/mol. The maximum atomic E-state index is 12.3. The fourth-order valence-corrected chi connectivity index (χ4v) is 2.35. The van der Waals surface area contributed by atoms with E-state index in [0.717, 1.165) is 5.56 Å². The van der Waals surface area contributed by atoms with Gasteiger partial charge in [0.1, 0.15) is 18.1 Å². The maximum absolute atomic E-state index is 12.3. The van der Waals surface area contributed by atoms with Crippen LogP contribution in [0.2, 0.25) is 0 Å². The number of carbonyl (C=O) groups excluding carboxylic acids is 1. The summed E-state index contributed by atoms with van der Waals surface area (Å²) < 4.78 is 34.9. The molecule has 0 saturated carbocycles. The van der Waals surface area contributed by atoms with Crippen molar-refractivity contribution in [3.05, 3.63) is 47.8 Å². The molecule has 0 aliphatic carbocycles. The third kappa shape index (κ3) is 5.30. The zero-order valence-electron chi connectivity index (χ0n) is 14.8. The molecule has 2 amide bonds. The van der Waals surface area contributed by atoms with Gasteiger partial charge in [-0.1, -0.05) is 6.07 Å². The highest BCUT2D eigenvalue weighted by Gasteiger charge is 2.14. The van der Waals surface area contributed by atoms with E-state index in [4.69, 9.17) is 9.47 Å². The van der Waals surface area contributed by atoms with E-state index in [1.165, 1.54) is 13.2 Å². The Bertz CT molecular complexity index is 756. The van der Waals surface area contributed by atoms with Gasteiger partial charge in [0.15, 0.2) is 0 Å². The molecule has 1 aromatic carbocycles. The van der Waals surface area contributed by atoms with Crippen LogP contribution < -0.4 is 20.1 Å². The van der Waals surface area contributed by atoms with Crippen LogP contribution in [0.1, 0.15) is 24.1 Å². The van der Waals surface area contributed by atoms with E-state index in [0.29, 0.717) is 22.7 Å². The molecule has 2 aromatic rings. The van der Waals surface area contributed by atoms with Crippen LogP contribution in [0.4, 0.5) is 19.3 Å². The van der Waals surface area contributed by atoms with Crippen molar-refractivity contribution in [1.29, 1.82) is 0 Å². The number of ether oxygens (including phenoxy) is 2. The van der Waals surface area contributed by atoms with Gasteiger partial charge in [-0.3, -0.25) is 4.98 Å². The number of alkyl halides is 2. The van der Waals surface area contributed by atoms with Crippen LogP contribution in [0.15, 0.2) is 36.7 Å². The number of nitrogens with zero attached hydrogens (tertiary/aromatic N) is 1. The SMILES string of the molecule is COc1cnccc1C(C)NC(=O)Nc1ccc(C)c(OCC(F)F)c1. The summed E-state index contributed by atoms with van der Waals surface area (Å²) in [6.07, 6.45) is 0.615. The van der Waals surface area contributed by atoms with Crippen molar-refractivity contribution in [3.63, 3.8) is 0 Å². The standard InChI is InChI=1S/C18H21F2N3O3/c1-11-4-5-13(8-15(11)26-10-17(19)20)23-18(24)22-12(2)14-6-7-21-9-16(14)25-3/h4-9,12,17H,10H2,1-3H3,(H2,22,23,24). The van der Waals surface area contributed by atoms with Crippen molar-refractivity contribution < 1.29 is 23.0 Å². The molecule has 0 spiro atoms. The molecule has 1 atom stereocenters.